The number of unbranched alkanes of at least 4 members (excludes halogenated alkanes) is 1. The SMILES string of the molecule is CCCCC(CCC(C)C)OC(=O)c1ccccc1C(=O)OCC(C)C. The van der Waals surface area contributed by atoms with Crippen molar-refractivity contribution in [3.8, 4) is 0 Å². The van der Waals surface area contributed by atoms with Crippen LogP contribution in [0.1, 0.15) is 87.4 Å². The third-order valence-corrected chi connectivity index (χ3v) is 4.13. The van der Waals surface area contributed by atoms with E-state index in [1.165, 1.54) is 0 Å². The van der Waals surface area contributed by atoms with Crippen molar-refractivity contribution in [2.75, 3.05) is 6.61 Å². The number of hydrogen-bond acceptors (Lipinski definition) is 4. The molecule has 1 atom stereocenters. The summed E-state index contributed by atoms with van der Waals surface area (Å²) in [7, 11) is 0. The van der Waals surface area contributed by atoms with Gasteiger partial charge in [-0.3, -0.25) is 0 Å². The average molecular weight is 363 g/mol. The Balaban J connectivity index is 2.84. The Morgan fingerprint density at radius 2 is 1.50 bits per heavy atom. The molecule has 0 aliphatic carbocycles. The van der Waals surface area contributed by atoms with Crippen molar-refractivity contribution in [1.82, 2.24) is 0 Å². The first-order valence-corrected chi connectivity index (χ1v) is 9.82. The molecule has 0 radical (unpaired) electrons. The maximum absolute atomic E-state index is 12.7. The fourth-order valence-corrected chi connectivity index (χ4v) is 2.59. The molecule has 0 amide bonds. The zero-order valence-electron chi connectivity index (χ0n) is 16.9. The van der Waals surface area contributed by atoms with E-state index in [0.29, 0.717) is 12.5 Å². The molecule has 0 spiro atoms. The summed E-state index contributed by atoms with van der Waals surface area (Å²) in [4.78, 5) is 25.0. The van der Waals surface area contributed by atoms with Gasteiger partial charge in [-0.1, -0.05) is 59.6 Å². The minimum absolute atomic E-state index is 0.107. The molecule has 1 aromatic rings. The lowest BCUT2D eigenvalue weighted by atomic mass is 10.0. The van der Waals surface area contributed by atoms with Gasteiger partial charge in [0.2, 0.25) is 0 Å². The number of esters is 2. The summed E-state index contributed by atoms with van der Waals surface area (Å²) in [6.45, 7) is 10.7. The first kappa shape index (κ1) is 22.2. The molecule has 0 aliphatic heterocycles. The highest BCUT2D eigenvalue weighted by Gasteiger charge is 2.22. The molecule has 1 aromatic carbocycles. The molecule has 0 N–H and O–H groups in total. The zero-order valence-corrected chi connectivity index (χ0v) is 16.9. The Hall–Kier alpha value is -1.84. The number of carbonyl (C=O) groups is 2. The van der Waals surface area contributed by atoms with Gasteiger partial charge in [0.05, 0.1) is 17.7 Å². The van der Waals surface area contributed by atoms with Gasteiger partial charge in [-0.2, -0.15) is 0 Å². The van der Waals surface area contributed by atoms with Gasteiger partial charge in [-0.25, -0.2) is 9.59 Å². The topological polar surface area (TPSA) is 52.6 Å². The van der Waals surface area contributed by atoms with Crippen LogP contribution in [0.4, 0.5) is 0 Å². The molecule has 0 bridgehead atoms. The van der Waals surface area contributed by atoms with Crippen LogP contribution < -0.4 is 0 Å². The first-order valence-electron chi connectivity index (χ1n) is 9.82. The van der Waals surface area contributed by atoms with Crippen molar-refractivity contribution in [1.29, 1.82) is 0 Å². The van der Waals surface area contributed by atoms with Crippen molar-refractivity contribution in [2.24, 2.45) is 11.8 Å². The Labute approximate surface area is 158 Å². The summed E-state index contributed by atoms with van der Waals surface area (Å²) in [5.41, 5.74) is 0.559. The Kier molecular flexibility index (Phi) is 10.0. The molecule has 1 unspecified atom stereocenters. The normalized spacial score (nSPS) is 12.3. The zero-order chi connectivity index (χ0) is 19.5. The molecule has 146 valence electrons. The lowest BCUT2D eigenvalue weighted by molar-refractivity contribution is 0.0233. The van der Waals surface area contributed by atoms with Crippen LogP contribution in [0.15, 0.2) is 24.3 Å². The highest BCUT2D eigenvalue weighted by Crippen LogP contribution is 2.19. The van der Waals surface area contributed by atoms with Crippen molar-refractivity contribution in [3.63, 3.8) is 0 Å². The minimum Gasteiger partial charge on any atom is -0.462 e. The van der Waals surface area contributed by atoms with Gasteiger partial charge in [-0.15, -0.1) is 0 Å². The predicted octanol–water partition coefficient (Wildman–Crippen LogP) is 5.65. The van der Waals surface area contributed by atoms with Gasteiger partial charge < -0.3 is 9.47 Å². The number of ether oxygens (including phenoxy) is 2. The van der Waals surface area contributed by atoms with Crippen LogP contribution in [0.3, 0.4) is 0 Å². The fraction of sp³-hybridized carbons (Fsp3) is 0.636. The second-order valence-corrected chi connectivity index (χ2v) is 7.68. The Bertz CT molecular complexity index is 563. The number of hydrogen-bond donors (Lipinski definition) is 0. The van der Waals surface area contributed by atoms with E-state index in [9.17, 15) is 9.59 Å². The highest BCUT2D eigenvalue weighted by atomic mass is 16.5. The van der Waals surface area contributed by atoms with Crippen molar-refractivity contribution in [3.05, 3.63) is 35.4 Å². The molecule has 0 aromatic heterocycles. The maximum atomic E-state index is 12.7. The van der Waals surface area contributed by atoms with Crippen LogP contribution in [0, 0.1) is 11.8 Å². The van der Waals surface area contributed by atoms with Gasteiger partial charge in [0, 0.05) is 0 Å². The third-order valence-electron chi connectivity index (χ3n) is 4.13. The summed E-state index contributed by atoms with van der Waals surface area (Å²) in [5, 5.41) is 0. The van der Waals surface area contributed by atoms with Crippen LogP contribution in [-0.2, 0) is 9.47 Å². The molecule has 1 rings (SSSR count). The maximum Gasteiger partial charge on any atom is 0.339 e. The van der Waals surface area contributed by atoms with E-state index in [-0.39, 0.29) is 23.1 Å². The second kappa shape index (κ2) is 11.7. The largest absolute Gasteiger partial charge is 0.462 e. The van der Waals surface area contributed by atoms with Crippen LogP contribution in [0.5, 0.6) is 0 Å². The summed E-state index contributed by atoms with van der Waals surface area (Å²) < 4.78 is 11.0. The fourth-order valence-electron chi connectivity index (χ4n) is 2.59. The van der Waals surface area contributed by atoms with Gasteiger partial charge in [-0.05, 0) is 43.2 Å². The van der Waals surface area contributed by atoms with E-state index in [1.807, 2.05) is 13.8 Å². The van der Waals surface area contributed by atoms with E-state index in [2.05, 4.69) is 20.8 Å². The van der Waals surface area contributed by atoms with E-state index >= 15 is 0 Å². The molecule has 0 saturated carbocycles. The standard InChI is InChI=1S/C22H34O4/c1-6-7-10-18(14-13-16(2)3)26-22(24)20-12-9-8-11-19(20)21(23)25-15-17(4)5/h8-9,11-12,16-18H,6-7,10,13-15H2,1-5H3. The first-order chi connectivity index (χ1) is 12.3. The highest BCUT2D eigenvalue weighted by molar-refractivity contribution is 6.03. The molecule has 0 aliphatic rings. The van der Waals surface area contributed by atoms with Crippen molar-refractivity contribution < 1.29 is 19.1 Å². The molecule has 0 heterocycles. The molecule has 4 nitrogen and oxygen atoms in total. The van der Waals surface area contributed by atoms with E-state index in [0.717, 1.165) is 32.1 Å². The number of rotatable bonds is 11. The van der Waals surface area contributed by atoms with E-state index in [4.69, 9.17) is 9.47 Å². The van der Waals surface area contributed by atoms with Crippen LogP contribution in [0.25, 0.3) is 0 Å². The Morgan fingerprint density at radius 3 is 2.04 bits per heavy atom. The summed E-state index contributed by atoms with van der Waals surface area (Å²) >= 11 is 0. The summed E-state index contributed by atoms with van der Waals surface area (Å²) in [6, 6.07) is 6.73. The lowest BCUT2D eigenvalue weighted by Gasteiger charge is -2.19. The van der Waals surface area contributed by atoms with Crippen molar-refractivity contribution >= 4 is 11.9 Å². The minimum atomic E-state index is -0.474. The quantitative estimate of drug-likeness (QED) is 0.477. The Morgan fingerprint density at radius 1 is 0.885 bits per heavy atom. The van der Waals surface area contributed by atoms with Gasteiger partial charge >= 0.3 is 11.9 Å². The summed E-state index contributed by atoms with van der Waals surface area (Å²) in [5.74, 6) is -0.103. The lowest BCUT2D eigenvalue weighted by Crippen LogP contribution is -2.21. The summed E-state index contributed by atoms with van der Waals surface area (Å²) in [6.07, 6.45) is 4.70. The molecule has 4 heteroatoms. The van der Waals surface area contributed by atoms with Crippen LogP contribution in [0.2, 0.25) is 0 Å². The van der Waals surface area contributed by atoms with E-state index in [1.54, 1.807) is 24.3 Å². The van der Waals surface area contributed by atoms with Gasteiger partial charge in [0.25, 0.3) is 0 Å². The average Bonchev–Trinajstić information content (AvgIpc) is 2.61. The van der Waals surface area contributed by atoms with Gasteiger partial charge in [0.15, 0.2) is 0 Å². The molecule has 0 fully saturated rings. The number of benzene rings is 1. The van der Waals surface area contributed by atoms with Crippen molar-refractivity contribution in [2.45, 2.75) is 72.8 Å². The molecular weight excluding hydrogens is 328 g/mol. The number of carbonyl (C=O) groups excluding carboxylic acids is 2. The monoisotopic (exact) mass is 362 g/mol. The molecule has 0 saturated heterocycles. The van der Waals surface area contributed by atoms with E-state index < -0.39 is 11.9 Å². The van der Waals surface area contributed by atoms with Crippen LogP contribution in [-0.4, -0.2) is 24.6 Å². The second-order valence-electron chi connectivity index (χ2n) is 7.68. The smallest absolute Gasteiger partial charge is 0.339 e. The van der Waals surface area contributed by atoms with Gasteiger partial charge in [0.1, 0.15) is 6.10 Å². The molecular formula is C22H34O4. The predicted molar refractivity (Wildman–Crippen MR) is 104 cm³/mol. The van der Waals surface area contributed by atoms with Crippen LogP contribution >= 0.6 is 0 Å². The molecule has 26 heavy (non-hydrogen) atoms. The third kappa shape index (κ3) is 8.03.